The molecule has 1 atom stereocenters. The van der Waals surface area contributed by atoms with Gasteiger partial charge in [0.05, 0.1) is 17.7 Å². The highest BCUT2D eigenvalue weighted by atomic mass is 32.2. The minimum absolute atomic E-state index is 0.00634. The summed E-state index contributed by atoms with van der Waals surface area (Å²) >= 11 is 1.65. The van der Waals surface area contributed by atoms with Gasteiger partial charge in [-0.05, 0) is 26.0 Å². The third-order valence-electron chi connectivity index (χ3n) is 3.69. The van der Waals surface area contributed by atoms with Gasteiger partial charge >= 0.3 is 6.55 Å². The summed E-state index contributed by atoms with van der Waals surface area (Å²) in [6.07, 6.45) is 0.646. The zero-order valence-electron chi connectivity index (χ0n) is 12.0. The summed E-state index contributed by atoms with van der Waals surface area (Å²) in [7, 11) is 0. The fourth-order valence-corrected chi connectivity index (χ4v) is 3.66. The molecule has 0 spiro atoms. The van der Waals surface area contributed by atoms with E-state index >= 15 is 0 Å². The standard InChI is InChI=1S/C13H19F2N3O2S/c1-8-10(9(2)18(17-8)12(14)15)5-11(19)16-6-13(20)3-4-21-7-13/h12,20H,3-7H2,1-2H3,(H,16,19). The van der Waals surface area contributed by atoms with Gasteiger partial charge in [0, 0.05) is 23.6 Å². The predicted molar refractivity (Wildman–Crippen MR) is 76.6 cm³/mol. The van der Waals surface area contributed by atoms with Gasteiger partial charge in [-0.25, -0.2) is 4.68 Å². The monoisotopic (exact) mass is 319 g/mol. The second-order valence-corrected chi connectivity index (χ2v) is 6.46. The number of carbonyl (C=O) groups excluding carboxylic acids is 1. The Kier molecular flexibility index (Phi) is 4.88. The Bertz CT molecular complexity index is 528. The first-order chi connectivity index (χ1) is 9.82. The van der Waals surface area contributed by atoms with Crippen molar-refractivity contribution in [1.82, 2.24) is 15.1 Å². The number of aliphatic hydroxyl groups is 1. The van der Waals surface area contributed by atoms with Crippen molar-refractivity contribution in [3.05, 3.63) is 17.0 Å². The molecule has 1 aliphatic rings. The highest BCUT2D eigenvalue weighted by molar-refractivity contribution is 7.99. The van der Waals surface area contributed by atoms with Crippen LogP contribution in [0.15, 0.2) is 0 Å². The third kappa shape index (κ3) is 3.74. The summed E-state index contributed by atoms with van der Waals surface area (Å²) < 4.78 is 26.1. The lowest BCUT2D eigenvalue weighted by atomic mass is 10.0. The molecule has 0 radical (unpaired) electrons. The largest absolute Gasteiger partial charge is 0.387 e. The topological polar surface area (TPSA) is 67.2 Å². The minimum Gasteiger partial charge on any atom is -0.387 e. The summed E-state index contributed by atoms with van der Waals surface area (Å²) in [6.45, 7) is 0.614. The van der Waals surface area contributed by atoms with Gasteiger partial charge in [-0.2, -0.15) is 25.6 Å². The minimum atomic E-state index is -2.71. The van der Waals surface area contributed by atoms with Gasteiger partial charge in [0.1, 0.15) is 0 Å². The third-order valence-corrected chi connectivity index (χ3v) is 4.93. The van der Waals surface area contributed by atoms with Crippen LogP contribution in [0.4, 0.5) is 8.78 Å². The summed E-state index contributed by atoms with van der Waals surface area (Å²) in [4.78, 5) is 11.9. The lowest BCUT2D eigenvalue weighted by Gasteiger charge is -2.21. The Morgan fingerprint density at radius 3 is 2.81 bits per heavy atom. The fourth-order valence-electron chi connectivity index (χ4n) is 2.36. The molecule has 2 heterocycles. The van der Waals surface area contributed by atoms with Crippen LogP contribution in [0, 0.1) is 13.8 Å². The molecule has 0 aliphatic carbocycles. The normalized spacial score (nSPS) is 22.0. The van der Waals surface area contributed by atoms with Gasteiger partial charge in [0.25, 0.3) is 0 Å². The fraction of sp³-hybridized carbons (Fsp3) is 0.692. The van der Waals surface area contributed by atoms with Crippen LogP contribution in [0.1, 0.15) is 29.9 Å². The molecule has 0 aromatic carbocycles. The average molecular weight is 319 g/mol. The van der Waals surface area contributed by atoms with Crippen molar-refractivity contribution < 1.29 is 18.7 Å². The highest BCUT2D eigenvalue weighted by Gasteiger charge is 2.32. The van der Waals surface area contributed by atoms with Crippen molar-refractivity contribution in [3.63, 3.8) is 0 Å². The molecule has 0 saturated carbocycles. The van der Waals surface area contributed by atoms with Crippen LogP contribution in [0.3, 0.4) is 0 Å². The van der Waals surface area contributed by atoms with Crippen LogP contribution >= 0.6 is 11.8 Å². The van der Waals surface area contributed by atoms with Crippen LogP contribution in [-0.4, -0.2) is 44.4 Å². The van der Waals surface area contributed by atoms with E-state index < -0.39 is 12.2 Å². The Morgan fingerprint density at radius 1 is 1.57 bits per heavy atom. The van der Waals surface area contributed by atoms with Crippen LogP contribution in [0.25, 0.3) is 0 Å². The van der Waals surface area contributed by atoms with Crippen molar-refractivity contribution >= 4 is 17.7 Å². The quantitative estimate of drug-likeness (QED) is 0.861. The van der Waals surface area contributed by atoms with E-state index in [1.165, 1.54) is 6.92 Å². The number of aryl methyl sites for hydroxylation is 1. The van der Waals surface area contributed by atoms with Crippen molar-refractivity contribution in [2.45, 2.75) is 38.8 Å². The summed E-state index contributed by atoms with van der Waals surface area (Å²) in [6, 6.07) is 0. The number of hydrogen-bond donors (Lipinski definition) is 2. The van der Waals surface area contributed by atoms with Gasteiger partial charge < -0.3 is 10.4 Å². The number of hydrogen-bond acceptors (Lipinski definition) is 4. The van der Waals surface area contributed by atoms with Gasteiger partial charge in [0.15, 0.2) is 0 Å². The van der Waals surface area contributed by atoms with E-state index in [0.29, 0.717) is 33.8 Å². The Hall–Kier alpha value is -1.15. The SMILES string of the molecule is Cc1nn(C(F)F)c(C)c1CC(=O)NCC1(O)CCSC1. The second-order valence-electron chi connectivity index (χ2n) is 5.35. The molecular weight excluding hydrogens is 300 g/mol. The van der Waals surface area contributed by atoms with Crippen LogP contribution < -0.4 is 5.32 Å². The summed E-state index contributed by atoms with van der Waals surface area (Å²) in [5.74, 6) is 1.20. The zero-order valence-corrected chi connectivity index (χ0v) is 12.8. The van der Waals surface area contributed by atoms with Gasteiger partial charge in [-0.1, -0.05) is 0 Å². The van der Waals surface area contributed by atoms with E-state index in [9.17, 15) is 18.7 Å². The van der Waals surface area contributed by atoms with E-state index in [1.807, 2.05) is 0 Å². The Balaban J connectivity index is 1.96. The van der Waals surface area contributed by atoms with E-state index in [-0.39, 0.29) is 18.9 Å². The number of nitrogens with one attached hydrogen (secondary N) is 1. The molecule has 1 aromatic heterocycles. The molecule has 1 amide bonds. The maximum atomic E-state index is 12.7. The van der Waals surface area contributed by atoms with E-state index in [2.05, 4.69) is 10.4 Å². The smallest absolute Gasteiger partial charge is 0.333 e. The first-order valence-corrected chi connectivity index (χ1v) is 7.87. The molecule has 21 heavy (non-hydrogen) atoms. The summed E-state index contributed by atoms with van der Waals surface area (Å²) in [5.41, 5.74) is 0.392. The molecular formula is C13H19F2N3O2S. The average Bonchev–Trinajstić information content (AvgIpc) is 2.96. The molecule has 2 N–H and O–H groups in total. The number of carbonyl (C=O) groups is 1. The molecule has 1 saturated heterocycles. The number of nitrogens with zero attached hydrogens (tertiary/aromatic N) is 2. The molecule has 1 aromatic rings. The van der Waals surface area contributed by atoms with E-state index in [1.54, 1.807) is 18.7 Å². The van der Waals surface area contributed by atoms with E-state index in [0.717, 1.165) is 5.75 Å². The molecule has 1 fully saturated rings. The molecule has 0 bridgehead atoms. The van der Waals surface area contributed by atoms with Crippen LogP contribution in [-0.2, 0) is 11.2 Å². The van der Waals surface area contributed by atoms with Gasteiger partial charge in [-0.15, -0.1) is 0 Å². The highest BCUT2D eigenvalue weighted by Crippen LogP contribution is 2.27. The second kappa shape index (κ2) is 6.31. The van der Waals surface area contributed by atoms with Gasteiger partial charge in [-0.3, -0.25) is 4.79 Å². The molecule has 1 aliphatic heterocycles. The lowest BCUT2D eigenvalue weighted by molar-refractivity contribution is -0.121. The number of alkyl halides is 2. The lowest BCUT2D eigenvalue weighted by Crippen LogP contribution is -2.43. The maximum absolute atomic E-state index is 12.7. The number of rotatable bonds is 5. The molecule has 1 unspecified atom stereocenters. The van der Waals surface area contributed by atoms with Gasteiger partial charge in [0.2, 0.25) is 5.91 Å². The van der Waals surface area contributed by atoms with Crippen LogP contribution in [0.2, 0.25) is 0 Å². The zero-order chi connectivity index (χ0) is 15.6. The first-order valence-electron chi connectivity index (χ1n) is 6.72. The van der Waals surface area contributed by atoms with Crippen molar-refractivity contribution in [2.75, 3.05) is 18.1 Å². The number of halogens is 2. The van der Waals surface area contributed by atoms with Crippen molar-refractivity contribution in [1.29, 1.82) is 0 Å². The maximum Gasteiger partial charge on any atom is 0.333 e. The van der Waals surface area contributed by atoms with Crippen LogP contribution in [0.5, 0.6) is 0 Å². The number of aromatic nitrogens is 2. The molecule has 8 heteroatoms. The first kappa shape index (κ1) is 16.2. The van der Waals surface area contributed by atoms with E-state index in [4.69, 9.17) is 0 Å². The van der Waals surface area contributed by atoms with Crippen molar-refractivity contribution in [3.8, 4) is 0 Å². The molecule has 118 valence electrons. The summed E-state index contributed by atoms with van der Waals surface area (Å²) in [5, 5.41) is 16.6. The molecule has 2 rings (SSSR count). The number of thioether (sulfide) groups is 1. The Labute approximate surface area is 126 Å². The Morgan fingerprint density at radius 2 is 2.29 bits per heavy atom. The number of amides is 1. The molecule has 5 nitrogen and oxygen atoms in total. The predicted octanol–water partition coefficient (Wildman–Crippen LogP) is 1.42. The van der Waals surface area contributed by atoms with Crippen molar-refractivity contribution in [2.24, 2.45) is 0 Å².